The average Bonchev–Trinajstić information content (AvgIpc) is 2.46. The van der Waals surface area contributed by atoms with E-state index in [1.807, 2.05) is 6.92 Å². The van der Waals surface area contributed by atoms with Gasteiger partial charge < -0.3 is 4.74 Å². The monoisotopic (exact) mass is 316 g/mol. The van der Waals surface area contributed by atoms with E-state index >= 15 is 0 Å². The second-order valence-corrected chi connectivity index (χ2v) is 6.66. The summed E-state index contributed by atoms with van der Waals surface area (Å²) in [6.45, 7) is 3.22. The molecule has 0 amide bonds. The van der Waals surface area contributed by atoms with Gasteiger partial charge in [-0.15, -0.1) is 0 Å². The Morgan fingerprint density at radius 2 is 1.59 bits per heavy atom. The summed E-state index contributed by atoms with van der Waals surface area (Å²) in [7, 11) is -3.47. The van der Waals surface area contributed by atoms with E-state index in [-0.39, 0.29) is 4.90 Å². The number of sulfone groups is 1. The van der Waals surface area contributed by atoms with Crippen LogP contribution in [0.4, 0.5) is 0 Å². The summed E-state index contributed by atoms with van der Waals surface area (Å²) in [4.78, 5) is 11.1. The Labute approximate surface area is 130 Å². The zero-order valence-electron chi connectivity index (χ0n) is 12.3. The molecule has 0 aliphatic rings. The predicted molar refractivity (Wildman–Crippen MR) is 85.1 cm³/mol. The first kappa shape index (κ1) is 16.0. The molecule has 0 heterocycles. The van der Waals surface area contributed by atoms with E-state index in [4.69, 9.17) is 4.74 Å². The fourth-order valence-corrected chi connectivity index (χ4v) is 2.80. The Morgan fingerprint density at radius 1 is 1.00 bits per heavy atom. The van der Waals surface area contributed by atoms with Gasteiger partial charge in [-0.25, -0.2) is 8.42 Å². The molecule has 0 aliphatic carbocycles. The van der Waals surface area contributed by atoms with Crippen LogP contribution >= 0.6 is 0 Å². The third-order valence-corrected chi connectivity index (χ3v) is 4.35. The van der Waals surface area contributed by atoms with Crippen LogP contribution in [0.3, 0.4) is 0 Å². The number of benzene rings is 2. The molecule has 0 radical (unpaired) electrons. The minimum Gasteiger partial charge on any atom is -0.427 e. The molecule has 0 fully saturated rings. The predicted octanol–water partition coefficient (Wildman–Crippen LogP) is 3.36. The summed E-state index contributed by atoms with van der Waals surface area (Å²) in [5.74, 6) is 0.0243. The highest BCUT2D eigenvalue weighted by atomic mass is 32.2. The van der Waals surface area contributed by atoms with E-state index < -0.39 is 15.8 Å². The van der Waals surface area contributed by atoms with Gasteiger partial charge in [0.05, 0.1) is 4.90 Å². The zero-order chi connectivity index (χ0) is 16.2. The SMILES string of the molecule is CC(=O)Oc1ccc(/C=C/S(=O)(=O)c2ccc(C)cc2)cc1. The molecule has 0 saturated carbocycles. The molecule has 22 heavy (non-hydrogen) atoms. The number of carbonyl (C=O) groups excluding carboxylic acids is 1. The number of carbonyl (C=O) groups is 1. The fraction of sp³-hybridized carbons (Fsp3) is 0.118. The van der Waals surface area contributed by atoms with Gasteiger partial charge >= 0.3 is 5.97 Å². The number of hydrogen-bond donors (Lipinski definition) is 0. The first-order valence-electron chi connectivity index (χ1n) is 6.65. The zero-order valence-corrected chi connectivity index (χ0v) is 13.1. The number of rotatable bonds is 4. The Bertz CT molecular complexity index is 786. The lowest BCUT2D eigenvalue weighted by Crippen LogP contribution is -2.00. The van der Waals surface area contributed by atoms with Crippen molar-refractivity contribution >= 4 is 21.9 Å². The van der Waals surface area contributed by atoms with Gasteiger partial charge in [-0.05, 0) is 42.8 Å². The minimum atomic E-state index is -3.47. The van der Waals surface area contributed by atoms with Crippen LogP contribution in [-0.4, -0.2) is 14.4 Å². The van der Waals surface area contributed by atoms with E-state index in [1.54, 1.807) is 48.5 Å². The van der Waals surface area contributed by atoms with Crippen LogP contribution in [-0.2, 0) is 14.6 Å². The molecule has 0 bridgehead atoms. The largest absolute Gasteiger partial charge is 0.427 e. The summed E-state index contributed by atoms with van der Waals surface area (Å²) < 4.78 is 29.3. The van der Waals surface area contributed by atoms with Gasteiger partial charge in [0, 0.05) is 12.3 Å². The Kier molecular flexibility index (Phi) is 4.78. The molecule has 0 spiro atoms. The Morgan fingerprint density at radius 3 is 2.14 bits per heavy atom. The standard InChI is InChI=1S/C17H16O4S/c1-13-3-9-17(10-4-13)22(19,20)12-11-15-5-7-16(8-6-15)21-14(2)18/h3-12H,1-2H3/b12-11+. The highest BCUT2D eigenvalue weighted by Crippen LogP contribution is 2.17. The maximum absolute atomic E-state index is 12.2. The second kappa shape index (κ2) is 6.58. The minimum absolute atomic E-state index is 0.255. The second-order valence-electron chi connectivity index (χ2n) is 4.82. The molecule has 0 unspecified atom stereocenters. The molecule has 0 saturated heterocycles. The van der Waals surface area contributed by atoms with Crippen LogP contribution in [0.5, 0.6) is 5.75 Å². The molecule has 2 rings (SSSR count). The van der Waals surface area contributed by atoms with E-state index in [1.165, 1.54) is 18.4 Å². The summed E-state index contributed by atoms with van der Waals surface area (Å²) >= 11 is 0. The number of ether oxygens (including phenoxy) is 1. The molecule has 4 nitrogen and oxygen atoms in total. The number of esters is 1. The number of aryl methyl sites for hydroxylation is 1. The average molecular weight is 316 g/mol. The lowest BCUT2D eigenvalue weighted by atomic mass is 10.2. The van der Waals surface area contributed by atoms with Gasteiger partial charge in [0.2, 0.25) is 0 Å². The van der Waals surface area contributed by atoms with Crippen molar-refractivity contribution in [1.29, 1.82) is 0 Å². The summed E-state index contributed by atoms with van der Waals surface area (Å²) in [6, 6.07) is 13.3. The molecular formula is C17H16O4S. The Hall–Kier alpha value is -2.40. The van der Waals surface area contributed by atoms with Crippen LogP contribution in [0.2, 0.25) is 0 Å². The first-order chi connectivity index (χ1) is 10.4. The van der Waals surface area contributed by atoms with Crippen molar-refractivity contribution in [1.82, 2.24) is 0 Å². The molecular weight excluding hydrogens is 300 g/mol. The van der Waals surface area contributed by atoms with Crippen molar-refractivity contribution in [2.45, 2.75) is 18.7 Å². The fourth-order valence-electron chi connectivity index (χ4n) is 1.79. The van der Waals surface area contributed by atoms with Crippen molar-refractivity contribution in [3.8, 4) is 5.75 Å². The van der Waals surface area contributed by atoms with Gasteiger partial charge in [-0.2, -0.15) is 0 Å². The molecule has 2 aromatic rings. The van der Waals surface area contributed by atoms with E-state index in [0.717, 1.165) is 5.56 Å². The summed E-state index contributed by atoms with van der Waals surface area (Å²) in [6.07, 6.45) is 1.51. The van der Waals surface area contributed by atoms with Crippen LogP contribution < -0.4 is 4.74 Å². The van der Waals surface area contributed by atoms with Crippen molar-refractivity contribution < 1.29 is 17.9 Å². The highest BCUT2D eigenvalue weighted by Gasteiger charge is 2.09. The maximum atomic E-state index is 12.2. The van der Waals surface area contributed by atoms with Crippen LogP contribution in [0.15, 0.2) is 58.8 Å². The lowest BCUT2D eigenvalue weighted by molar-refractivity contribution is -0.131. The van der Waals surface area contributed by atoms with E-state index in [2.05, 4.69) is 0 Å². The highest BCUT2D eigenvalue weighted by molar-refractivity contribution is 7.94. The van der Waals surface area contributed by atoms with Crippen molar-refractivity contribution in [3.63, 3.8) is 0 Å². The van der Waals surface area contributed by atoms with Gasteiger partial charge in [0.1, 0.15) is 5.75 Å². The topological polar surface area (TPSA) is 60.4 Å². The summed E-state index contributed by atoms with van der Waals surface area (Å²) in [5.41, 5.74) is 1.70. The molecule has 114 valence electrons. The maximum Gasteiger partial charge on any atom is 0.308 e. The third-order valence-electron chi connectivity index (χ3n) is 2.93. The van der Waals surface area contributed by atoms with Gasteiger partial charge in [-0.1, -0.05) is 29.8 Å². The van der Waals surface area contributed by atoms with E-state index in [9.17, 15) is 13.2 Å². The smallest absolute Gasteiger partial charge is 0.308 e. The number of hydrogen-bond acceptors (Lipinski definition) is 4. The Balaban J connectivity index is 2.16. The summed E-state index contributed by atoms with van der Waals surface area (Å²) in [5, 5.41) is 1.17. The third kappa shape index (κ3) is 4.30. The van der Waals surface area contributed by atoms with Crippen molar-refractivity contribution in [3.05, 3.63) is 65.1 Å². The molecule has 0 N–H and O–H groups in total. The quantitative estimate of drug-likeness (QED) is 0.641. The normalized spacial score (nSPS) is 11.5. The van der Waals surface area contributed by atoms with E-state index in [0.29, 0.717) is 11.3 Å². The molecule has 2 aromatic carbocycles. The molecule has 0 aliphatic heterocycles. The first-order valence-corrected chi connectivity index (χ1v) is 8.20. The molecule has 0 atom stereocenters. The molecule has 0 aromatic heterocycles. The van der Waals surface area contributed by atoms with Crippen LogP contribution in [0.1, 0.15) is 18.1 Å². The van der Waals surface area contributed by atoms with Gasteiger partial charge in [0.25, 0.3) is 0 Å². The molecule has 5 heteroatoms. The lowest BCUT2D eigenvalue weighted by Gasteiger charge is -2.02. The van der Waals surface area contributed by atoms with Crippen LogP contribution in [0, 0.1) is 6.92 Å². The van der Waals surface area contributed by atoms with Crippen molar-refractivity contribution in [2.24, 2.45) is 0 Å². The van der Waals surface area contributed by atoms with Gasteiger partial charge in [-0.3, -0.25) is 4.79 Å². The van der Waals surface area contributed by atoms with Crippen molar-refractivity contribution in [2.75, 3.05) is 0 Å². The van der Waals surface area contributed by atoms with Crippen LogP contribution in [0.25, 0.3) is 6.08 Å². The van der Waals surface area contributed by atoms with Gasteiger partial charge in [0.15, 0.2) is 9.84 Å².